The zero-order valence-corrected chi connectivity index (χ0v) is 17.5. The Balaban J connectivity index is 1.42. The van der Waals surface area contributed by atoms with E-state index in [0.29, 0.717) is 23.9 Å². The van der Waals surface area contributed by atoms with E-state index in [9.17, 15) is 4.79 Å². The van der Waals surface area contributed by atoms with Crippen LogP contribution in [0, 0.1) is 0 Å². The van der Waals surface area contributed by atoms with E-state index in [-0.39, 0.29) is 11.9 Å². The van der Waals surface area contributed by atoms with Crippen molar-refractivity contribution in [3.8, 4) is 22.9 Å². The number of nitrogens with one attached hydrogen (secondary N) is 1. The van der Waals surface area contributed by atoms with Crippen molar-refractivity contribution in [2.45, 2.75) is 6.04 Å². The van der Waals surface area contributed by atoms with Crippen molar-refractivity contribution in [1.29, 1.82) is 0 Å². The molecule has 0 bridgehead atoms. The number of nitrogens with zero attached hydrogens (tertiary/aromatic N) is 3. The van der Waals surface area contributed by atoms with Crippen molar-refractivity contribution < 1.29 is 9.21 Å². The Morgan fingerprint density at radius 2 is 1.39 bits per heavy atom. The molecule has 1 atom stereocenters. The molecule has 0 fully saturated rings. The summed E-state index contributed by atoms with van der Waals surface area (Å²) in [5, 5.41) is 11.3. The van der Waals surface area contributed by atoms with E-state index >= 15 is 0 Å². The van der Waals surface area contributed by atoms with Gasteiger partial charge >= 0.3 is 0 Å². The van der Waals surface area contributed by atoms with Crippen LogP contribution in [0.2, 0.25) is 0 Å². The molecule has 0 radical (unpaired) electrons. The number of carbonyl (C=O) groups is 1. The molecule has 0 spiro atoms. The highest BCUT2D eigenvalue weighted by atomic mass is 16.4. The monoisotopic (exact) mass is 412 g/mol. The van der Waals surface area contributed by atoms with Crippen molar-refractivity contribution in [3.63, 3.8) is 0 Å². The maximum absolute atomic E-state index is 12.7. The van der Waals surface area contributed by atoms with Crippen molar-refractivity contribution in [2.24, 2.45) is 0 Å². The molecule has 1 heterocycles. The lowest BCUT2D eigenvalue weighted by atomic mass is 10.1. The predicted octanol–water partition coefficient (Wildman–Crippen LogP) is 4.44. The second kappa shape index (κ2) is 9.36. The first-order valence-corrected chi connectivity index (χ1v) is 10.1. The van der Waals surface area contributed by atoms with Gasteiger partial charge in [-0.3, -0.25) is 4.79 Å². The maximum Gasteiger partial charge on any atom is 0.251 e. The van der Waals surface area contributed by atoms with Gasteiger partial charge in [0.05, 0.1) is 6.04 Å². The molecule has 6 nitrogen and oxygen atoms in total. The van der Waals surface area contributed by atoms with Crippen molar-refractivity contribution in [1.82, 2.24) is 20.4 Å². The van der Waals surface area contributed by atoms with Gasteiger partial charge in [-0.2, -0.15) is 0 Å². The predicted molar refractivity (Wildman–Crippen MR) is 120 cm³/mol. The summed E-state index contributed by atoms with van der Waals surface area (Å²) in [6.45, 7) is 0.516. The van der Waals surface area contributed by atoms with Crippen molar-refractivity contribution in [3.05, 3.63) is 96.1 Å². The molecule has 0 aliphatic heterocycles. The highest BCUT2D eigenvalue weighted by Crippen LogP contribution is 2.24. The van der Waals surface area contributed by atoms with Gasteiger partial charge in [-0.25, -0.2) is 0 Å². The smallest absolute Gasteiger partial charge is 0.251 e. The quantitative estimate of drug-likeness (QED) is 0.486. The van der Waals surface area contributed by atoms with Gasteiger partial charge < -0.3 is 14.6 Å². The van der Waals surface area contributed by atoms with E-state index in [1.807, 2.05) is 74.8 Å². The minimum absolute atomic E-state index is 0.0965. The first kappa shape index (κ1) is 20.5. The van der Waals surface area contributed by atoms with Crippen molar-refractivity contribution in [2.75, 3.05) is 20.6 Å². The maximum atomic E-state index is 12.7. The minimum atomic E-state index is -0.121. The molecule has 1 unspecified atom stereocenters. The standard InChI is InChI=1S/C25H24N4O2/c1-29(2)22(18-9-5-3-6-10-18)17-26-23(30)19-13-15-21(16-14-19)25-28-27-24(31-25)20-11-7-4-8-12-20/h3-16,22H,17H2,1-2H3,(H,26,30). The molecule has 0 saturated carbocycles. The van der Waals surface area contributed by atoms with Crippen LogP contribution in [0.25, 0.3) is 22.9 Å². The Morgan fingerprint density at radius 3 is 1.97 bits per heavy atom. The molecule has 0 aliphatic rings. The number of amides is 1. The fraction of sp³-hybridized carbons (Fsp3) is 0.160. The average molecular weight is 412 g/mol. The number of hydrogen-bond donors (Lipinski definition) is 1. The first-order valence-electron chi connectivity index (χ1n) is 10.1. The zero-order chi connectivity index (χ0) is 21.6. The SMILES string of the molecule is CN(C)C(CNC(=O)c1ccc(-c2nnc(-c3ccccc3)o2)cc1)c1ccccc1. The lowest BCUT2D eigenvalue weighted by molar-refractivity contribution is 0.0942. The largest absolute Gasteiger partial charge is 0.416 e. The molecule has 4 aromatic rings. The Kier molecular flexibility index (Phi) is 6.19. The normalized spacial score (nSPS) is 12.0. The summed E-state index contributed by atoms with van der Waals surface area (Å²) < 4.78 is 5.78. The molecule has 0 saturated heterocycles. The molecule has 1 amide bonds. The van der Waals surface area contributed by atoms with Crippen LogP contribution in [0.5, 0.6) is 0 Å². The lowest BCUT2D eigenvalue weighted by Crippen LogP contribution is -2.34. The molecule has 3 aromatic carbocycles. The number of likely N-dealkylation sites (N-methyl/N-ethyl adjacent to an activating group) is 1. The van der Waals surface area contributed by atoms with Gasteiger partial charge in [0.15, 0.2) is 0 Å². The van der Waals surface area contributed by atoms with Crippen LogP contribution in [-0.2, 0) is 0 Å². The highest BCUT2D eigenvalue weighted by molar-refractivity contribution is 5.94. The third kappa shape index (κ3) is 4.87. The van der Waals surface area contributed by atoms with E-state index in [1.54, 1.807) is 12.1 Å². The summed E-state index contributed by atoms with van der Waals surface area (Å²) in [4.78, 5) is 14.8. The van der Waals surface area contributed by atoms with Gasteiger partial charge in [0.2, 0.25) is 11.8 Å². The Bertz CT molecular complexity index is 1120. The average Bonchev–Trinajstić information content (AvgIpc) is 3.31. The molecule has 31 heavy (non-hydrogen) atoms. The van der Waals surface area contributed by atoms with Crippen LogP contribution in [0.3, 0.4) is 0 Å². The van der Waals surface area contributed by atoms with Crippen LogP contribution in [0.15, 0.2) is 89.3 Å². The van der Waals surface area contributed by atoms with Gasteiger partial charge in [0, 0.05) is 23.2 Å². The molecule has 0 aliphatic carbocycles. The van der Waals surface area contributed by atoms with E-state index < -0.39 is 0 Å². The van der Waals surface area contributed by atoms with E-state index in [0.717, 1.165) is 16.7 Å². The minimum Gasteiger partial charge on any atom is -0.416 e. The molecule has 1 aromatic heterocycles. The molecule has 6 heteroatoms. The summed E-state index contributed by atoms with van der Waals surface area (Å²) in [6, 6.07) is 27.0. The van der Waals surface area contributed by atoms with Gasteiger partial charge in [-0.15, -0.1) is 10.2 Å². The fourth-order valence-corrected chi connectivity index (χ4v) is 3.37. The number of benzene rings is 3. The zero-order valence-electron chi connectivity index (χ0n) is 17.5. The van der Waals surface area contributed by atoms with Crippen LogP contribution in [-0.4, -0.2) is 41.6 Å². The highest BCUT2D eigenvalue weighted by Gasteiger charge is 2.16. The number of carbonyl (C=O) groups excluding carboxylic acids is 1. The van der Waals surface area contributed by atoms with Gasteiger partial charge in [-0.05, 0) is 56.1 Å². The van der Waals surface area contributed by atoms with E-state index in [2.05, 4.69) is 32.5 Å². The van der Waals surface area contributed by atoms with Crippen LogP contribution in [0.1, 0.15) is 22.0 Å². The van der Waals surface area contributed by atoms with E-state index in [1.165, 1.54) is 0 Å². The van der Waals surface area contributed by atoms with Crippen molar-refractivity contribution >= 4 is 5.91 Å². The summed E-state index contributed by atoms with van der Waals surface area (Å²) in [5.41, 5.74) is 3.37. The lowest BCUT2D eigenvalue weighted by Gasteiger charge is -2.25. The summed E-state index contributed by atoms with van der Waals surface area (Å²) in [7, 11) is 4.01. The second-order valence-electron chi connectivity index (χ2n) is 7.46. The molecular formula is C25H24N4O2. The Labute approximate surface area is 181 Å². The molecule has 1 N–H and O–H groups in total. The third-order valence-electron chi connectivity index (χ3n) is 5.10. The molecule has 156 valence electrons. The second-order valence-corrected chi connectivity index (χ2v) is 7.46. The summed E-state index contributed by atoms with van der Waals surface area (Å²) >= 11 is 0. The number of rotatable bonds is 7. The molecule has 4 rings (SSSR count). The Morgan fingerprint density at radius 1 is 0.839 bits per heavy atom. The summed E-state index contributed by atoms with van der Waals surface area (Å²) in [6.07, 6.45) is 0. The topological polar surface area (TPSA) is 71.3 Å². The first-order chi connectivity index (χ1) is 15.1. The Hall–Kier alpha value is -3.77. The van der Waals surface area contributed by atoms with Gasteiger partial charge in [0.25, 0.3) is 5.91 Å². The van der Waals surface area contributed by atoms with Crippen LogP contribution >= 0.6 is 0 Å². The van der Waals surface area contributed by atoms with Crippen LogP contribution < -0.4 is 5.32 Å². The number of aromatic nitrogens is 2. The van der Waals surface area contributed by atoms with Gasteiger partial charge in [-0.1, -0.05) is 48.5 Å². The van der Waals surface area contributed by atoms with E-state index in [4.69, 9.17) is 4.42 Å². The fourth-order valence-electron chi connectivity index (χ4n) is 3.37. The van der Waals surface area contributed by atoms with Gasteiger partial charge in [0.1, 0.15) is 0 Å². The van der Waals surface area contributed by atoms with Crippen LogP contribution in [0.4, 0.5) is 0 Å². The third-order valence-corrected chi connectivity index (χ3v) is 5.10. The molecular weight excluding hydrogens is 388 g/mol. The number of hydrogen-bond acceptors (Lipinski definition) is 5. The summed E-state index contributed by atoms with van der Waals surface area (Å²) in [5.74, 6) is 0.764.